The van der Waals surface area contributed by atoms with Gasteiger partial charge in [-0.15, -0.1) is 0 Å². The molecule has 24 heavy (non-hydrogen) atoms. The van der Waals surface area contributed by atoms with Crippen molar-refractivity contribution in [1.82, 2.24) is 10.9 Å². The summed E-state index contributed by atoms with van der Waals surface area (Å²) in [5, 5.41) is 0.576. The van der Waals surface area contributed by atoms with E-state index in [4.69, 9.17) is 21.1 Å². The Morgan fingerprint density at radius 1 is 1.00 bits per heavy atom. The van der Waals surface area contributed by atoms with Crippen molar-refractivity contribution in [2.45, 2.75) is 6.92 Å². The van der Waals surface area contributed by atoms with Gasteiger partial charge < -0.3 is 9.47 Å². The molecule has 2 aromatic carbocycles. The van der Waals surface area contributed by atoms with Crippen LogP contribution in [0.2, 0.25) is 5.02 Å². The number of rotatable bonds is 6. The van der Waals surface area contributed by atoms with E-state index in [1.165, 1.54) is 0 Å². The first-order chi connectivity index (χ1) is 11.6. The van der Waals surface area contributed by atoms with Crippen LogP contribution < -0.4 is 20.3 Å². The number of amides is 2. The highest BCUT2D eigenvalue weighted by Crippen LogP contribution is 2.17. The van der Waals surface area contributed by atoms with Gasteiger partial charge in [0.05, 0.1) is 12.2 Å². The number of carbonyl (C=O) groups is 2. The SMILES string of the molecule is CCOc1ccccc1C(=O)NNC(=O)COc1ccc(Cl)cc1. The lowest BCUT2D eigenvalue weighted by molar-refractivity contribution is -0.123. The van der Waals surface area contributed by atoms with Crippen molar-refractivity contribution in [2.24, 2.45) is 0 Å². The van der Waals surface area contributed by atoms with E-state index in [2.05, 4.69) is 10.9 Å². The van der Waals surface area contributed by atoms with Gasteiger partial charge in [0.2, 0.25) is 0 Å². The molecule has 7 heteroatoms. The minimum atomic E-state index is -0.493. The largest absolute Gasteiger partial charge is 0.493 e. The van der Waals surface area contributed by atoms with Gasteiger partial charge in [-0.25, -0.2) is 0 Å². The Morgan fingerprint density at radius 2 is 1.71 bits per heavy atom. The second kappa shape index (κ2) is 8.79. The Morgan fingerprint density at radius 3 is 2.42 bits per heavy atom. The zero-order valence-corrected chi connectivity index (χ0v) is 13.8. The van der Waals surface area contributed by atoms with Crippen molar-refractivity contribution < 1.29 is 19.1 Å². The lowest BCUT2D eigenvalue weighted by Crippen LogP contribution is -2.43. The topological polar surface area (TPSA) is 76.7 Å². The maximum absolute atomic E-state index is 12.1. The third-order valence-corrected chi connectivity index (χ3v) is 3.18. The molecule has 0 heterocycles. The maximum Gasteiger partial charge on any atom is 0.276 e. The fourth-order valence-electron chi connectivity index (χ4n) is 1.85. The highest BCUT2D eigenvalue weighted by molar-refractivity contribution is 6.30. The normalized spacial score (nSPS) is 9.92. The molecule has 0 fully saturated rings. The van der Waals surface area contributed by atoms with Crippen molar-refractivity contribution in [2.75, 3.05) is 13.2 Å². The van der Waals surface area contributed by atoms with Gasteiger partial charge in [0.15, 0.2) is 6.61 Å². The van der Waals surface area contributed by atoms with Gasteiger partial charge in [0, 0.05) is 5.02 Å². The molecule has 0 radical (unpaired) electrons. The summed E-state index contributed by atoms with van der Waals surface area (Å²) in [5.41, 5.74) is 4.94. The van der Waals surface area contributed by atoms with Crippen molar-refractivity contribution in [3.05, 3.63) is 59.1 Å². The lowest BCUT2D eigenvalue weighted by atomic mass is 10.2. The number of nitrogens with one attached hydrogen (secondary N) is 2. The summed E-state index contributed by atoms with van der Waals surface area (Å²) < 4.78 is 10.6. The number of hydrogen-bond donors (Lipinski definition) is 2. The molecule has 0 bridgehead atoms. The van der Waals surface area contributed by atoms with Gasteiger partial charge >= 0.3 is 0 Å². The first kappa shape index (κ1) is 17.6. The van der Waals surface area contributed by atoms with Crippen molar-refractivity contribution in [3.63, 3.8) is 0 Å². The number of hydrogen-bond acceptors (Lipinski definition) is 4. The third kappa shape index (κ3) is 5.17. The summed E-state index contributed by atoms with van der Waals surface area (Å²) in [7, 11) is 0. The molecule has 0 saturated carbocycles. The van der Waals surface area contributed by atoms with E-state index >= 15 is 0 Å². The second-order valence-corrected chi connectivity index (χ2v) is 5.11. The van der Waals surface area contributed by atoms with E-state index in [1.807, 2.05) is 6.92 Å². The van der Waals surface area contributed by atoms with Crippen LogP contribution in [0.25, 0.3) is 0 Å². The van der Waals surface area contributed by atoms with Gasteiger partial charge in [-0.3, -0.25) is 20.4 Å². The molecular formula is C17H17ClN2O4. The molecule has 0 aliphatic rings. The van der Waals surface area contributed by atoms with Crippen LogP contribution in [0.4, 0.5) is 0 Å². The maximum atomic E-state index is 12.1. The molecule has 0 aromatic heterocycles. The molecule has 2 N–H and O–H groups in total. The number of carbonyl (C=O) groups excluding carboxylic acids is 2. The lowest BCUT2D eigenvalue weighted by Gasteiger charge is -2.11. The van der Waals surface area contributed by atoms with Gasteiger partial charge in [-0.05, 0) is 43.3 Å². The van der Waals surface area contributed by atoms with Crippen molar-refractivity contribution in [3.8, 4) is 11.5 Å². The number of halogens is 1. The number of ether oxygens (including phenoxy) is 2. The van der Waals surface area contributed by atoms with E-state index in [1.54, 1.807) is 48.5 Å². The summed E-state index contributed by atoms with van der Waals surface area (Å²) in [5.74, 6) is -0.0159. The highest BCUT2D eigenvalue weighted by Gasteiger charge is 2.12. The van der Waals surface area contributed by atoms with Crippen LogP contribution in [-0.4, -0.2) is 25.0 Å². The Balaban J connectivity index is 1.83. The van der Waals surface area contributed by atoms with Gasteiger partial charge in [-0.1, -0.05) is 23.7 Å². The molecule has 126 valence electrons. The van der Waals surface area contributed by atoms with E-state index in [-0.39, 0.29) is 6.61 Å². The average molecular weight is 349 g/mol. The summed E-state index contributed by atoms with van der Waals surface area (Å²) in [6.07, 6.45) is 0. The molecule has 0 aliphatic heterocycles. The Bertz CT molecular complexity index is 704. The molecule has 6 nitrogen and oxygen atoms in total. The molecule has 0 spiro atoms. The van der Waals surface area contributed by atoms with Crippen LogP contribution in [-0.2, 0) is 4.79 Å². The van der Waals surface area contributed by atoms with Crippen molar-refractivity contribution in [1.29, 1.82) is 0 Å². The molecule has 0 saturated heterocycles. The fraction of sp³-hybridized carbons (Fsp3) is 0.176. The molecule has 0 atom stereocenters. The van der Waals surface area contributed by atoms with Crippen LogP contribution in [0.15, 0.2) is 48.5 Å². The molecule has 0 aliphatic carbocycles. The van der Waals surface area contributed by atoms with Crippen LogP contribution in [0, 0.1) is 0 Å². The van der Waals surface area contributed by atoms with Crippen LogP contribution >= 0.6 is 11.6 Å². The van der Waals surface area contributed by atoms with Crippen LogP contribution in [0.1, 0.15) is 17.3 Å². The van der Waals surface area contributed by atoms with E-state index in [0.29, 0.717) is 28.7 Å². The molecular weight excluding hydrogens is 332 g/mol. The first-order valence-electron chi connectivity index (χ1n) is 7.29. The Labute approximate surface area is 144 Å². The van der Waals surface area contributed by atoms with Gasteiger partial charge in [-0.2, -0.15) is 0 Å². The van der Waals surface area contributed by atoms with Gasteiger partial charge in [0.1, 0.15) is 11.5 Å². The monoisotopic (exact) mass is 348 g/mol. The summed E-state index contributed by atoms with van der Waals surface area (Å²) >= 11 is 5.76. The summed E-state index contributed by atoms with van der Waals surface area (Å²) in [4.78, 5) is 23.8. The zero-order chi connectivity index (χ0) is 17.4. The summed E-state index contributed by atoms with van der Waals surface area (Å²) in [6, 6.07) is 13.4. The zero-order valence-electron chi connectivity index (χ0n) is 13.0. The molecule has 2 amide bonds. The third-order valence-electron chi connectivity index (χ3n) is 2.93. The molecule has 0 unspecified atom stereocenters. The number of para-hydroxylation sites is 1. The minimum absolute atomic E-state index is 0.241. The molecule has 2 aromatic rings. The molecule has 2 rings (SSSR count). The quantitative estimate of drug-likeness (QED) is 0.787. The Kier molecular flexibility index (Phi) is 6.45. The van der Waals surface area contributed by atoms with E-state index in [0.717, 1.165) is 0 Å². The standard InChI is InChI=1S/C17H17ClN2O4/c1-2-23-15-6-4-3-5-14(15)17(22)20-19-16(21)11-24-13-9-7-12(18)8-10-13/h3-10H,2,11H2,1H3,(H,19,21)(H,20,22). The van der Waals surface area contributed by atoms with Crippen LogP contribution in [0.3, 0.4) is 0 Å². The fourth-order valence-corrected chi connectivity index (χ4v) is 1.97. The van der Waals surface area contributed by atoms with Crippen LogP contribution in [0.5, 0.6) is 11.5 Å². The summed E-state index contributed by atoms with van der Waals surface area (Å²) in [6.45, 7) is 2.02. The highest BCUT2D eigenvalue weighted by atomic mass is 35.5. The van der Waals surface area contributed by atoms with E-state index < -0.39 is 11.8 Å². The second-order valence-electron chi connectivity index (χ2n) is 4.67. The predicted molar refractivity (Wildman–Crippen MR) is 90.2 cm³/mol. The smallest absolute Gasteiger partial charge is 0.276 e. The first-order valence-corrected chi connectivity index (χ1v) is 7.67. The number of hydrazine groups is 1. The van der Waals surface area contributed by atoms with Crippen molar-refractivity contribution >= 4 is 23.4 Å². The predicted octanol–water partition coefficient (Wildman–Crippen LogP) is 2.58. The van der Waals surface area contributed by atoms with Gasteiger partial charge in [0.25, 0.3) is 11.8 Å². The Hall–Kier alpha value is -2.73. The average Bonchev–Trinajstić information content (AvgIpc) is 2.60. The number of benzene rings is 2. The minimum Gasteiger partial charge on any atom is -0.493 e. The van der Waals surface area contributed by atoms with E-state index in [9.17, 15) is 9.59 Å².